The third-order valence-electron chi connectivity index (χ3n) is 3.61. The van der Waals surface area contributed by atoms with Crippen molar-refractivity contribution in [2.24, 2.45) is 12.1 Å². The van der Waals surface area contributed by atoms with Gasteiger partial charge in [0.15, 0.2) is 5.82 Å². The predicted octanol–water partition coefficient (Wildman–Crippen LogP) is 2.60. The molecule has 9 nitrogen and oxygen atoms in total. The molecule has 0 amide bonds. The van der Waals surface area contributed by atoms with E-state index in [1.54, 1.807) is 29.1 Å². The molecule has 1 N–H and O–H groups in total. The average molecular weight is 351 g/mol. The number of hydrogen-bond acceptors (Lipinski definition) is 7. The number of imidazole rings is 1. The summed E-state index contributed by atoms with van der Waals surface area (Å²) in [6.45, 7) is 3.73. The number of rotatable bonds is 5. The number of hydrogen-bond donors (Lipinski definition) is 1. The monoisotopic (exact) mass is 351 g/mol. The number of anilines is 1. The Bertz CT molecular complexity index is 974. The zero-order valence-electron chi connectivity index (χ0n) is 14.5. The smallest absolute Gasteiger partial charge is 0.270 e. The molecular formula is C17H17N7O2. The third-order valence-corrected chi connectivity index (χ3v) is 3.61. The summed E-state index contributed by atoms with van der Waals surface area (Å²) in [7, 11) is 1.82. The molecule has 3 aromatic rings. The molecular weight excluding hydrogens is 334 g/mol. The second kappa shape index (κ2) is 7.09. The molecule has 0 bridgehead atoms. The second-order valence-corrected chi connectivity index (χ2v) is 5.72. The fourth-order valence-electron chi connectivity index (χ4n) is 2.49. The van der Waals surface area contributed by atoms with Gasteiger partial charge in [-0.25, -0.2) is 20.4 Å². The van der Waals surface area contributed by atoms with Crippen molar-refractivity contribution in [2.45, 2.75) is 13.8 Å². The molecule has 0 unspecified atom stereocenters. The van der Waals surface area contributed by atoms with Crippen molar-refractivity contribution < 1.29 is 4.92 Å². The minimum Gasteiger partial charge on any atom is -0.333 e. The van der Waals surface area contributed by atoms with Gasteiger partial charge in [-0.2, -0.15) is 5.10 Å². The number of aromatic nitrogens is 4. The van der Waals surface area contributed by atoms with E-state index in [-0.39, 0.29) is 5.69 Å². The zero-order chi connectivity index (χ0) is 18.7. The summed E-state index contributed by atoms with van der Waals surface area (Å²) in [4.78, 5) is 23.5. The summed E-state index contributed by atoms with van der Waals surface area (Å²) in [5.41, 5.74) is 5.44. The van der Waals surface area contributed by atoms with Crippen molar-refractivity contribution >= 4 is 17.3 Å². The van der Waals surface area contributed by atoms with Crippen LogP contribution in [0, 0.1) is 24.0 Å². The lowest BCUT2D eigenvalue weighted by Crippen LogP contribution is -2.13. The number of nitrogens with zero attached hydrogens (tertiary/aromatic N) is 6. The highest BCUT2D eigenvalue weighted by Gasteiger charge is 2.16. The molecule has 2 aromatic heterocycles. The van der Waals surface area contributed by atoms with Crippen LogP contribution in [0.15, 0.2) is 47.8 Å². The highest BCUT2D eigenvalue weighted by molar-refractivity contribution is 6.11. The van der Waals surface area contributed by atoms with Gasteiger partial charge in [0.1, 0.15) is 5.71 Å². The van der Waals surface area contributed by atoms with Crippen LogP contribution in [0.2, 0.25) is 0 Å². The molecule has 0 aliphatic carbocycles. The number of nitro groups is 1. The maximum atomic E-state index is 11.1. The quantitative estimate of drug-likeness (QED) is 0.430. The molecule has 0 spiro atoms. The van der Waals surface area contributed by atoms with Crippen LogP contribution in [0.3, 0.4) is 0 Å². The van der Waals surface area contributed by atoms with E-state index >= 15 is 0 Å². The first-order valence-corrected chi connectivity index (χ1v) is 7.82. The number of nitro benzene ring substituents is 1. The van der Waals surface area contributed by atoms with E-state index in [2.05, 4.69) is 25.5 Å². The first kappa shape index (κ1) is 17.2. The fourth-order valence-corrected chi connectivity index (χ4v) is 2.49. The summed E-state index contributed by atoms with van der Waals surface area (Å²) in [6, 6.07) is 8.09. The molecule has 0 saturated carbocycles. The Labute approximate surface area is 149 Å². The van der Waals surface area contributed by atoms with Gasteiger partial charge in [-0.15, -0.1) is 0 Å². The Morgan fingerprint density at radius 2 is 1.96 bits per heavy atom. The Morgan fingerprint density at radius 3 is 2.58 bits per heavy atom. The van der Waals surface area contributed by atoms with Gasteiger partial charge in [-0.3, -0.25) is 10.1 Å². The van der Waals surface area contributed by atoms with E-state index in [1.165, 1.54) is 12.1 Å². The lowest BCUT2D eigenvalue weighted by molar-refractivity contribution is -0.384. The van der Waals surface area contributed by atoms with Crippen LogP contribution in [-0.2, 0) is 7.05 Å². The number of aryl methyl sites for hydroxylation is 3. The van der Waals surface area contributed by atoms with Gasteiger partial charge in [0.2, 0.25) is 5.95 Å². The van der Waals surface area contributed by atoms with E-state index in [1.807, 2.05) is 27.0 Å². The van der Waals surface area contributed by atoms with E-state index in [0.717, 1.165) is 11.4 Å². The summed E-state index contributed by atoms with van der Waals surface area (Å²) >= 11 is 0. The summed E-state index contributed by atoms with van der Waals surface area (Å²) in [6.07, 6.45) is 3.41. The Kier molecular flexibility index (Phi) is 4.70. The van der Waals surface area contributed by atoms with E-state index in [0.29, 0.717) is 23.0 Å². The van der Waals surface area contributed by atoms with Crippen molar-refractivity contribution in [2.75, 3.05) is 5.43 Å². The fraction of sp³-hybridized carbons (Fsp3) is 0.176. The predicted molar refractivity (Wildman–Crippen MR) is 97.1 cm³/mol. The lowest BCUT2D eigenvalue weighted by Gasteiger charge is -2.08. The molecule has 0 radical (unpaired) electrons. The van der Waals surface area contributed by atoms with Gasteiger partial charge in [0.05, 0.1) is 4.92 Å². The Morgan fingerprint density at radius 1 is 1.23 bits per heavy atom. The SMILES string of the molecule is Cc1cc(C)nc(N/N=C(\c2cccc([N+](=O)[O-])c2)c2nccn2C)n1. The number of nitrogens with one attached hydrogen (secondary N) is 1. The Balaban J connectivity index is 2.05. The molecule has 2 heterocycles. The van der Waals surface area contributed by atoms with Gasteiger partial charge >= 0.3 is 0 Å². The van der Waals surface area contributed by atoms with Crippen LogP contribution in [-0.4, -0.2) is 30.2 Å². The van der Waals surface area contributed by atoms with Gasteiger partial charge in [0.25, 0.3) is 5.69 Å². The molecule has 0 saturated heterocycles. The molecule has 9 heteroatoms. The zero-order valence-corrected chi connectivity index (χ0v) is 14.5. The highest BCUT2D eigenvalue weighted by Crippen LogP contribution is 2.17. The van der Waals surface area contributed by atoms with E-state index < -0.39 is 4.92 Å². The van der Waals surface area contributed by atoms with Gasteiger partial charge in [-0.05, 0) is 19.9 Å². The first-order valence-electron chi connectivity index (χ1n) is 7.82. The molecule has 26 heavy (non-hydrogen) atoms. The molecule has 132 valence electrons. The van der Waals surface area contributed by atoms with Gasteiger partial charge < -0.3 is 4.57 Å². The summed E-state index contributed by atoms with van der Waals surface area (Å²) in [5, 5.41) is 15.5. The van der Waals surface area contributed by atoms with Gasteiger partial charge in [0, 0.05) is 48.5 Å². The topological polar surface area (TPSA) is 111 Å². The average Bonchev–Trinajstić information content (AvgIpc) is 3.00. The maximum Gasteiger partial charge on any atom is 0.270 e. The number of hydrazone groups is 1. The third kappa shape index (κ3) is 3.72. The van der Waals surface area contributed by atoms with Crippen LogP contribution < -0.4 is 5.43 Å². The number of benzene rings is 1. The van der Waals surface area contributed by atoms with Crippen molar-refractivity contribution in [3.63, 3.8) is 0 Å². The molecule has 0 aliphatic rings. The van der Waals surface area contributed by atoms with E-state index in [4.69, 9.17) is 0 Å². The van der Waals surface area contributed by atoms with E-state index in [9.17, 15) is 10.1 Å². The minimum absolute atomic E-state index is 0.0212. The molecule has 3 rings (SSSR count). The molecule has 0 aliphatic heterocycles. The Hall–Kier alpha value is -3.62. The van der Waals surface area contributed by atoms with Crippen LogP contribution in [0.1, 0.15) is 22.8 Å². The number of non-ortho nitro benzene ring substituents is 1. The van der Waals surface area contributed by atoms with Gasteiger partial charge in [-0.1, -0.05) is 12.1 Å². The first-order chi connectivity index (χ1) is 12.4. The second-order valence-electron chi connectivity index (χ2n) is 5.72. The summed E-state index contributed by atoms with van der Waals surface area (Å²) < 4.78 is 1.78. The normalized spacial score (nSPS) is 11.4. The van der Waals surface area contributed by atoms with Crippen LogP contribution in [0.25, 0.3) is 0 Å². The van der Waals surface area contributed by atoms with Crippen molar-refractivity contribution in [1.82, 2.24) is 19.5 Å². The lowest BCUT2D eigenvalue weighted by atomic mass is 10.1. The largest absolute Gasteiger partial charge is 0.333 e. The summed E-state index contributed by atoms with van der Waals surface area (Å²) in [5.74, 6) is 0.905. The molecule has 0 atom stereocenters. The maximum absolute atomic E-state index is 11.1. The molecule has 0 fully saturated rings. The van der Waals surface area contributed by atoms with Crippen LogP contribution >= 0.6 is 0 Å². The van der Waals surface area contributed by atoms with Crippen molar-refractivity contribution in [3.05, 3.63) is 75.6 Å². The molecule has 1 aromatic carbocycles. The van der Waals surface area contributed by atoms with Crippen molar-refractivity contribution in [1.29, 1.82) is 0 Å². The van der Waals surface area contributed by atoms with Crippen LogP contribution in [0.5, 0.6) is 0 Å². The minimum atomic E-state index is -0.444. The highest BCUT2D eigenvalue weighted by atomic mass is 16.6. The van der Waals surface area contributed by atoms with Crippen LogP contribution in [0.4, 0.5) is 11.6 Å². The van der Waals surface area contributed by atoms with Crippen molar-refractivity contribution in [3.8, 4) is 0 Å². The standard InChI is InChI=1S/C17H17N7O2/c1-11-9-12(2)20-17(19-11)22-21-15(16-18-7-8-23(16)3)13-5-4-6-14(10-13)24(25)26/h4-10H,1-3H3,(H,19,20,22)/b21-15+.